The number of nitrogens with zero attached hydrogens (tertiary/aromatic N) is 1. The Balaban J connectivity index is 2.09. The van der Waals surface area contributed by atoms with Crippen molar-refractivity contribution in [3.05, 3.63) is 33.6 Å². The van der Waals surface area contributed by atoms with Gasteiger partial charge in [0.2, 0.25) is 5.95 Å². The lowest BCUT2D eigenvalue weighted by Gasteiger charge is -2.06. The minimum Gasteiger partial charge on any atom is -0.356 e. The minimum absolute atomic E-state index is 0.141. The normalized spacial score (nSPS) is 10.8. The number of unbranched alkanes of at least 4 members (excludes halogenated alkanes) is 3. The molecule has 0 unspecified atom stereocenters. The van der Waals surface area contributed by atoms with E-state index in [1.807, 2.05) is 0 Å². The maximum absolute atomic E-state index is 11.9. The summed E-state index contributed by atoms with van der Waals surface area (Å²) >= 11 is 5.91. The Labute approximate surface area is 117 Å². The van der Waals surface area contributed by atoms with Crippen molar-refractivity contribution >= 4 is 28.5 Å². The Bertz CT molecular complexity index is 609. The zero-order chi connectivity index (χ0) is 13.7. The van der Waals surface area contributed by atoms with Gasteiger partial charge in [-0.1, -0.05) is 37.8 Å². The lowest BCUT2D eigenvalue weighted by Crippen LogP contribution is -2.14. The van der Waals surface area contributed by atoms with Gasteiger partial charge in [0.15, 0.2) is 0 Å². The minimum atomic E-state index is -0.141. The van der Waals surface area contributed by atoms with E-state index >= 15 is 0 Å². The standard InChI is InChI=1S/C14H18ClN3O/c1-2-3-4-5-8-16-14-17-12-9-10(15)6-7-11(12)13(19)18-14/h6-7,9H,2-5,8H2,1H3,(H2,16,17,18,19). The molecule has 0 spiro atoms. The van der Waals surface area contributed by atoms with Crippen molar-refractivity contribution in [1.82, 2.24) is 9.97 Å². The first-order valence-corrected chi connectivity index (χ1v) is 7.02. The van der Waals surface area contributed by atoms with Gasteiger partial charge in [-0.25, -0.2) is 4.98 Å². The summed E-state index contributed by atoms with van der Waals surface area (Å²) in [6.07, 6.45) is 4.71. The third kappa shape index (κ3) is 3.70. The molecule has 1 aromatic carbocycles. The molecule has 0 aliphatic heterocycles. The van der Waals surface area contributed by atoms with Crippen LogP contribution in [0.15, 0.2) is 23.0 Å². The number of fused-ring (bicyclic) bond motifs is 1. The number of halogens is 1. The van der Waals surface area contributed by atoms with Crippen LogP contribution in [0.4, 0.5) is 5.95 Å². The van der Waals surface area contributed by atoms with Crippen molar-refractivity contribution in [2.75, 3.05) is 11.9 Å². The molecule has 0 fully saturated rings. The number of H-pyrrole nitrogens is 1. The van der Waals surface area contributed by atoms with Gasteiger partial charge in [-0.05, 0) is 24.6 Å². The molecule has 5 heteroatoms. The molecule has 2 N–H and O–H groups in total. The zero-order valence-corrected chi connectivity index (χ0v) is 11.8. The summed E-state index contributed by atoms with van der Waals surface area (Å²) in [7, 11) is 0. The summed E-state index contributed by atoms with van der Waals surface area (Å²) in [5.41, 5.74) is 0.477. The third-order valence-corrected chi connectivity index (χ3v) is 3.23. The predicted octanol–water partition coefficient (Wildman–Crippen LogP) is 3.57. The predicted molar refractivity (Wildman–Crippen MR) is 80.0 cm³/mol. The summed E-state index contributed by atoms with van der Waals surface area (Å²) in [5.74, 6) is 0.510. The van der Waals surface area contributed by atoms with Crippen LogP contribution >= 0.6 is 11.6 Å². The number of hydrogen-bond acceptors (Lipinski definition) is 3. The van der Waals surface area contributed by atoms with Crippen LogP contribution in [-0.4, -0.2) is 16.5 Å². The van der Waals surface area contributed by atoms with Gasteiger partial charge < -0.3 is 5.32 Å². The van der Waals surface area contributed by atoms with Crippen molar-refractivity contribution in [3.8, 4) is 0 Å². The Morgan fingerprint density at radius 1 is 1.32 bits per heavy atom. The molecule has 0 radical (unpaired) electrons. The molecule has 0 saturated carbocycles. The molecule has 0 bridgehead atoms. The smallest absolute Gasteiger partial charge is 0.260 e. The van der Waals surface area contributed by atoms with Crippen molar-refractivity contribution in [2.24, 2.45) is 0 Å². The molecule has 0 aliphatic rings. The highest BCUT2D eigenvalue weighted by Crippen LogP contribution is 2.15. The van der Waals surface area contributed by atoms with E-state index in [9.17, 15) is 4.79 Å². The van der Waals surface area contributed by atoms with Crippen molar-refractivity contribution in [2.45, 2.75) is 32.6 Å². The molecule has 102 valence electrons. The summed E-state index contributed by atoms with van der Waals surface area (Å²) < 4.78 is 0. The molecule has 0 amide bonds. The second-order valence-electron chi connectivity index (χ2n) is 4.56. The van der Waals surface area contributed by atoms with E-state index in [1.54, 1.807) is 18.2 Å². The number of rotatable bonds is 6. The van der Waals surface area contributed by atoms with Crippen molar-refractivity contribution in [1.29, 1.82) is 0 Å². The number of anilines is 1. The quantitative estimate of drug-likeness (QED) is 0.795. The second kappa shape index (κ2) is 6.57. The number of nitrogens with one attached hydrogen (secondary N) is 2. The van der Waals surface area contributed by atoms with Crippen LogP contribution in [0.2, 0.25) is 5.02 Å². The highest BCUT2D eigenvalue weighted by Gasteiger charge is 2.03. The van der Waals surface area contributed by atoms with Crippen LogP contribution in [0.25, 0.3) is 10.9 Å². The second-order valence-corrected chi connectivity index (χ2v) is 5.00. The van der Waals surface area contributed by atoms with E-state index in [1.165, 1.54) is 19.3 Å². The zero-order valence-electron chi connectivity index (χ0n) is 11.0. The van der Waals surface area contributed by atoms with Crippen LogP contribution < -0.4 is 10.9 Å². The van der Waals surface area contributed by atoms with Gasteiger partial charge in [-0.3, -0.25) is 9.78 Å². The van der Waals surface area contributed by atoms with Crippen molar-refractivity contribution < 1.29 is 0 Å². The molecule has 2 aromatic rings. The number of aromatic amines is 1. The number of benzene rings is 1. The molecule has 4 nitrogen and oxygen atoms in total. The number of aromatic nitrogens is 2. The maximum atomic E-state index is 11.9. The lowest BCUT2D eigenvalue weighted by molar-refractivity contribution is 0.683. The molecule has 0 aliphatic carbocycles. The van der Waals surface area contributed by atoms with Crippen LogP contribution in [0, 0.1) is 0 Å². The summed E-state index contributed by atoms with van der Waals surface area (Å²) in [5, 5.41) is 4.29. The molecule has 2 rings (SSSR count). The van der Waals surface area contributed by atoms with Gasteiger partial charge in [-0.2, -0.15) is 0 Å². The fraction of sp³-hybridized carbons (Fsp3) is 0.429. The van der Waals surface area contributed by atoms with Crippen LogP contribution in [0.1, 0.15) is 32.6 Å². The average molecular weight is 280 g/mol. The lowest BCUT2D eigenvalue weighted by atomic mass is 10.2. The van der Waals surface area contributed by atoms with E-state index in [0.717, 1.165) is 13.0 Å². The molecular formula is C14H18ClN3O. The largest absolute Gasteiger partial charge is 0.356 e. The molecular weight excluding hydrogens is 262 g/mol. The molecule has 1 aromatic heterocycles. The first kappa shape index (κ1) is 13.9. The van der Waals surface area contributed by atoms with Gasteiger partial charge in [0.25, 0.3) is 5.56 Å². The fourth-order valence-corrected chi connectivity index (χ4v) is 2.12. The van der Waals surface area contributed by atoms with E-state index in [4.69, 9.17) is 11.6 Å². The summed E-state index contributed by atoms with van der Waals surface area (Å²) in [6.45, 7) is 2.99. The monoisotopic (exact) mass is 279 g/mol. The molecule has 0 atom stereocenters. The molecule has 19 heavy (non-hydrogen) atoms. The highest BCUT2D eigenvalue weighted by molar-refractivity contribution is 6.31. The van der Waals surface area contributed by atoms with Gasteiger partial charge in [0.05, 0.1) is 10.9 Å². The van der Waals surface area contributed by atoms with E-state index in [2.05, 4.69) is 22.2 Å². The van der Waals surface area contributed by atoms with Gasteiger partial charge >= 0.3 is 0 Å². The highest BCUT2D eigenvalue weighted by atomic mass is 35.5. The summed E-state index contributed by atoms with van der Waals surface area (Å²) in [6, 6.07) is 5.08. The van der Waals surface area contributed by atoms with Gasteiger partial charge in [0.1, 0.15) is 0 Å². The fourth-order valence-electron chi connectivity index (χ4n) is 1.95. The Morgan fingerprint density at radius 3 is 2.95 bits per heavy atom. The van der Waals surface area contributed by atoms with E-state index in [0.29, 0.717) is 21.9 Å². The Hall–Kier alpha value is -1.55. The van der Waals surface area contributed by atoms with Gasteiger partial charge in [0, 0.05) is 11.6 Å². The molecule has 1 heterocycles. The average Bonchev–Trinajstić information content (AvgIpc) is 2.38. The van der Waals surface area contributed by atoms with Crippen LogP contribution in [0.3, 0.4) is 0 Å². The first-order chi connectivity index (χ1) is 9.20. The van der Waals surface area contributed by atoms with Crippen LogP contribution in [-0.2, 0) is 0 Å². The third-order valence-electron chi connectivity index (χ3n) is 2.99. The Kier molecular flexibility index (Phi) is 4.80. The molecule has 0 saturated heterocycles. The summed E-state index contributed by atoms with van der Waals surface area (Å²) in [4.78, 5) is 19.0. The maximum Gasteiger partial charge on any atom is 0.260 e. The SMILES string of the molecule is CCCCCCNc1nc2cc(Cl)ccc2c(=O)[nH]1. The Morgan fingerprint density at radius 2 is 2.16 bits per heavy atom. The first-order valence-electron chi connectivity index (χ1n) is 6.64. The van der Waals surface area contributed by atoms with Crippen LogP contribution in [0.5, 0.6) is 0 Å². The van der Waals surface area contributed by atoms with Crippen molar-refractivity contribution in [3.63, 3.8) is 0 Å². The van der Waals surface area contributed by atoms with E-state index < -0.39 is 0 Å². The topological polar surface area (TPSA) is 57.8 Å². The van der Waals surface area contributed by atoms with E-state index in [-0.39, 0.29) is 5.56 Å². The number of hydrogen-bond donors (Lipinski definition) is 2. The van der Waals surface area contributed by atoms with Gasteiger partial charge in [-0.15, -0.1) is 0 Å².